The van der Waals surface area contributed by atoms with E-state index in [2.05, 4.69) is 19.8 Å². The minimum Gasteiger partial charge on any atom is -0.466 e. The Balaban J connectivity index is 2.28. The van der Waals surface area contributed by atoms with Crippen LogP contribution in [0.2, 0.25) is 0 Å². The monoisotopic (exact) mass is 315 g/mol. The molecule has 2 rings (SSSR count). The number of ether oxygens (including phenoxy) is 2. The predicted molar refractivity (Wildman–Crippen MR) is 84.0 cm³/mol. The molecule has 23 heavy (non-hydrogen) atoms. The summed E-state index contributed by atoms with van der Waals surface area (Å²) in [5.41, 5.74) is 2.49. The molecule has 0 fully saturated rings. The Hall–Kier alpha value is -3.09. The molecule has 1 aromatic carbocycles. The second kappa shape index (κ2) is 7.26. The maximum absolute atomic E-state index is 11.8. The van der Waals surface area contributed by atoms with Crippen LogP contribution in [0.25, 0.3) is 5.69 Å². The van der Waals surface area contributed by atoms with Crippen molar-refractivity contribution in [2.45, 2.75) is 6.92 Å². The molecule has 0 aliphatic rings. The molecule has 0 aliphatic carbocycles. The van der Waals surface area contributed by atoms with Gasteiger partial charge in [0.05, 0.1) is 26.6 Å². The minimum atomic E-state index is -0.659. The molecule has 0 radical (unpaired) electrons. The number of nitrogens with zero attached hydrogens (tertiary/aromatic N) is 2. The van der Waals surface area contributed by atoms with Crippen LogP contribution in [0, 0.1) is 6.92 Å². The normalized spacial score (nSPS) is 11.0. The van der Waals surface area contributed by atoms with Crippen molar-refractivity contribution in [2.24, 2.45) is 0 Å². The van der Waals surface area contributed by atoms with E-state index in [1.165, 1.54) is 14.2 Å². The van der Waals surface area contributed by atoms with Gasteiger partial charge in [-0.15, -0.1) is 0 Å². The second-order valence-corrected chi connectivity index (χ2v) is 4.67. The average Bonchev–Trinajstić information content (AvgIpc) is 3.09. The molecule has 1 N–H and O–H groups in total. The quantitative estimate of drug-likeness (QED) is 0.669. The van der Waals surface area contributed by atoms with Crippen molar-refractivity contribution >= 4 is 17.6 Å². The van der Waals surface area contributed by atoms with Gasteiger partial charge in [0.25, 0.3) is 0 Å². The first kappa shape index (κ1) is 16.3. The largest absolute Gasteiger partial charge is 0.466 e. The van der Waals surface area contributed by atoms with Gasteiger partial charge in [-0.05, 0) is 30.7 Å². The third-order valence-corrected chi connectivity index (χ3v) is 3.15. The first-order chi connectivity index (χ1) is 11.0. The summed E-state index contributed by atoms with van der Waals surface area (Å²) in [6.45, 7) is 1.88. The number of anilines is 1. The molecule has 0 bridgehead atoms. The molecule has 0 spiro atoms. The van der Waals surface area contributed by atoms with Gasteiger partial charge in [-0.3, -0.25) is 0 Å². The number of carbonyl (C=O) groups excluding carboxylic acids is 2. The van der Waals surface area contributed by atoms with Gasteiger partial charge in [0, 0.05) is 23.8 Å². The van der Waals surface area contributed by atoms with E-state index >= 15 is 0 Å². The summed E-state index contributed by atoms with van der Waals surface area (Å²) < 4.78 is 11.1. The Morgan fingerprint density at radius 1 is 1.26 bits per heavy atom. The van der Waals surface area contributed by atoms with Crippen molar-refractivity contribution in [3.05, 3.63) is 54.3 Å². The van der Waals surface area contributed by atoms with E-state index in [1.54, 1.807) is 18.6 Å². The molecular weight excluding hydrogens is 298 g/mol. The number of nitrogens with one attached hydrogen (secondary N) is 1. The highest BCUT2D eigenvalue weighted by Crippen LogP contribution is 2.21. The lowest BCUT2D eigenvalue weighted by Crippen LogP contribution is -2.16. The summed E-state index contributed by atoms with van der Waals surface area (Å²) in [5.74, 6) is -1.31. The Morgan fingerprint density at radius 3 is 2.61 bits per heavy atom. The van der Waals surface area contributed by atoms with E-state index < -0.39 is 11.9 Å². The SMILES string of the molecule is COC(=O)/C=C(/Nc1ccc(-n2ccnc2)cc1C)C(=O)OC. The highest BCUT2D eigenvalue weighted by Gasteiger charge is 2.14. The Kier molecular flexibility index (Phi) is 5.14. The summed E-state index contributed by atoms with van der Waals surface area (Å²) >= 11 is 0. The highest BCUT2D eigenvalue weighted by atomic mass is 16.5. The smallest absolute Gasteiger partial charge is 0.354 e. The van der Waals surface area contributed by atoms with Crippen LogP contribution in [0.5, 0.6) is 0 Å². The molecule has 120 valence electrons. The Bertz CT molecular complexity index is 736. The number of imidazole rings is 1. The fourth-order valence-corrected chi connectivity index (χ4v) is 1.94. The van der Waals surface area contributed by atoms with Crippen molar-refractivity contribution in [1.29, 1.82) is 0 Å². The molecule has 7 nitrogen and oxygen atoms in total. The number of aryl methyl sites for hydroxylation is 1. The van der Waals surface area contributed by atoms with Crippen LogP contribution in [-0.4, -0.2) is 35.7 Å². The zero-order valence-electron chi connectivity index (χ0n) is 13.1. The summed E-state index contributed by atoms with van der Waals surface area (Å²) in [6, 6.07) is 5.60. The zero-order valence-corrected chi connectivity index (χ0v) is 13.1. The summed E-state index contributed by atoms with van der Waals surface area (Å²) in [7, 11) is 2.48. The second-order valence-electron chi connectivity index (χ2n) is 4.67. The van der Waals surface area contributed by atoms with Crippen LogP contribution in [0.1, 0.15) is 5.56 Å². The zero-order chi connectivity index (χ0) is 16.8. The molecule has 0 aliphatic heterocycles. The van der Waals surface area contributed by atoms with Crippen molar-refractivity contribution in [1.82, 2.24) is 9.55 Å². The van der Waals surface area contributed by atoms with Crippen molar-refractivity contribution in [2.75, 3.05) is 19.5 Å². The fourth-order valence-electron chi connectivity index (χ4n) is 1.94. The van der Waals surface area contributed by atoms with Gasteiger partial charge in [0.15, 0.2) is 0 Å². The van der Waals surface area contributed by atoms with Gasteiger partial charge in [-0.2, -0.15) is 0 Å². The van der Waals surface area contributed by atoms with Crippen molar-refractivity contribution < 1.29 is 19.1 Å². The summed E-state index contributed by atoms with van der Waals surface area (Å²) in [5, 5.41) is 2.90. The summed E-state index contributed by atoms with van der Waals surface area (Å²) in [4.78, 5) is 27.1. The molecule has 0 atom stereocenters. The van der Waals surface area contributed by atoms with Gasteiger partial charge in [0.2, 0.25) is 0 Å². The highest BCUT2D eigenvalue weighted by molar-refractivity contribution is 5.98. The van der Waals surface area contributed by atoms with Crippen LogP contribution in [0.15, 0.2) is 48.7 Å². The Morgan fingerprint density at radius 2 is 2.04 bits per heavy atom. The number of esters is 2. The van der Waals surface area contributed by atoms with Crippen molar-refractivity contribution in [3.8, 4) is 5.69 Å². The number of hydrogen-bond donors (Lipinski definition) is 1. The van der Waals surface area contributed by atoms with E-state index in [9.17, 15) is 9.59 Å². The molecule has 7 heteroatoms. The van der Waals surface area contributed by atoms with E-state index in [4.69, 9.17) is 0 Å². The first-order valence-corrected chi connectivity index (χ1v) is 6.79. The number of methoxy groups -OCH3 is 2. The van der Waals surface area contributed by atoms with Crippen molar-refractivity contribution in [3.63, 3.8) is 0 Å². The van der Waals surface area contributed by atoms with Crippen LogP contribution >= 0.6 is 0 Å². The van der Waals surface area contributed by atoms with Gasteiger partial charge >= 0.3 is 11.9 Å². The van der Waals surface area contributed by atoms with Gasteiger partial charge in [-0.25, -0.2) is 14.6 Å². The average molecular weight is 315 g/mol. The van der Waals surface area contributed by atoms with Gasteiger partial charge in [0.1, 0.15) is 5.70 Å². The maximum atomic E-state index is 11.8. The standard InChI is InChI=1S/C16H17N3O4/c1-11-8-12(19-7-6-17-10-19)4-5-13(11)18-14(16(21)23-3)9-15(20)22-2/h4-10,18H,1-3H3/b14-9+. The first-order valence-electron chi connectivity index (χ1n) is 6.79. The molecule has 0 unspecified atom stereocenters. The Labute approximate surface area is 133 Å². The summed E-state index contributed by atoms with van der Waals surface area (Å²) in [6.07, 6.45) is 6.27. The van der Waals surface area contributed by atoms with Crippen LogP contribution < -0.4 is 5.32 Å². The molecule has 2 aromatic rings. The lowest BCUT2D eigenvalue weighted by molar-refractivity contribution is -0.138. The topological polar surface area (TPSA) is 82.5 Å². The van der Waals surface area contributed by atoms with Crippen LogP contribution in [-0.2, 0) is 19.1 Å². The maximum Gasteiger partial charge on any atom is 0.354 e. The lowest BCUT2D eigenvalue weighted by atomic mass is 10.1. The number of rotatable bonds is 5. The van der Waals surface area contributed by atoms with E-state index in [1.807, 2.05) is 29.8 Å². The third kappa shape index (κ3) is 3.97. The molecule has 1 aromatic heterocycles. The van der Waals surface area contributed by atoms with E-state index in [-0.39, 0.29) is 5.70 Å². The molecule has 0 saturated heterocycles. The number of benzene rings is 1. The number of aromatic nitrogens is 2. The molecule has 1 heterocycles. The third-order valence-electron chi connectivity index (χ3n) is 3.15. The fraction of sp³-hybridized carbons (Fsp3) is 0.188. The van der Waals surface area contributed by atoms with Gasteiger partial charge < -0.3 is 19.4 Å². The number of hydrogen-bond acceptors (Lipinski definition) is 6. The molecule has 0 saturated carbocycles. The predicted octanol–water partition coefficient (Wildman–Crippen LogP) is 1.82. The molecular formula is C16H17N3O4. The van der Waals surface area contributed by atoms with Crippen LogP contribution in [0.4, 0.5) is 5.69 Å². The molecule has 0 amide bonds. The number of carbonyl (C=O) groups is 2. The van der Waals surface area contributed by atoms with Gasteiger partial charge in [-0.1, -0.05) is 0 Å². The minimum absolute atomic E-state index is 0.00201. The van der Waals surface area contributed by atoms with E-state index in [0.717, 1.165) is 17.3 Å². The van der Waals surface area contributed by atoms with E-state index in [0.29, 0.717) is 5.69 Å². The van der Waals surface area contributed by atoms with Crippen LogP contribution in [0.3, 0.4) is 0 Å². The lowest BCUT2D eigenvalue weighted by Gasteiger charge is -2.13.